The van der Waals surface area contributed by atoms with Gasteiger partial charge in [0.05, 0.1) is 27.8 Å². The molecular weight excluding hydrogens is 360 g/mol. The largest absolute Gasteiger partial charge is 0.480 e. The van der Waals surface area contributed by atoms with Crippen molar-refractivity contribution in [2.24, 2.45) is 0 Å². The maximum Gasteiger partial charge on any atom is 0.298 e. The van der Waals surface area contributed by atoms with Crippen LogP contribution < -0.4 is 4.74 Å². The van der Waals surface area contributed by atoms with E-state index in [1.807, 2.05) is 36.4 Å². The SMILES string of the molecule is Cc1nn(-c2ccccc2)c2c1C(c1ccc([N+](=O)[O-])cc1)C(C#N)=C(O)O2. The number of para-hydroxylation sites is 1. The van der Waals surface area contributed by atoms with Gasteiger partial charge in [0, 0.05) is 12.1 Å². The molecular formula is C20H14N4O4. The number of allylic oxidation sites excluding steroid dienone is 1. The minimum absolute atomic E-state index is 0.0251. The number of aromatic nitrogens is 2. The lowest BCUT2D eigenvalue weighted by atomic mass is 9.84. The van der Waals surface area contributed by atoms with Gasteiger partial charge in [0.1, 0.15) is 11.6 Å². The summed E-state index contributed by atoms with van der Waals surface area (Å²) in [7, 11) is 0. The minimum Gasteiger partial charge on any atom is -0.480 e. The van der Waals surface area contributed by atoms with E-state index >= 15 is 0 Å². The molecule has 0 fully saturated rings. The van der Waals surface area contributed by atoms with Crippen molar-refractivity contribution in [1.29, 1.82) is 5.26 Å². The number of non-ortho nitro benzene ring substituents is 1. The first-order chi connectivity index (χ1) is 13.5. The van der Waals surface area contributed by atoms with Gasteiger partial charge in [-0.1, -0.05) is 30.3 Å². The Morgan fingerprint density at radius 1 is 1.21 bits per heavy atom. The molecule has 0 amide bonds. The number of hydrogen-bond donors (Lipinski definition) is 1. The Bertz CT molecular complexity index is 1140. The summed E-state index contributed by atoms with van der Waals surface area (Å²) in [4.78, 5) is 10.5. The van der Waals surface area contributed by atoms with Crippen molar-refractivity contribution in [3.63, 3.8) is 0 Å². The molecule has 3 aromatic rings. The molecule has 0 aliphatic carbocycles. The van der Waals surface area contributed by atoms with Crippen LogP contribution in [0.25, 0.3) is 5.69 Å². The fourth-order valence-corrected chi connectivity index (χ4v) is 3.34. The van der Waals surface area contributed by atoms with Crippen LogP contribution in [0.15, 0.2) is 66.1 Å². The van der Waals surface area contributed by atoms with Gasteiger partial charge in [-0.3, -0.25) is 10.1 Å². The average molecular weight is 374 g/mol. The average Bonchev–Trinajstić information content (AvgIpc) is 3.03. The van der Waals surface area contributed by atoms with Crippen molar-refractivity contribution in [1.82, 2.24) is 9.78 Å². The number of nitrogens with zero attached hydrogens (tertiary/aromatic N) is 4. The molecule has 1 unspecified atom stereocenters. The third kappa shape index (κ3) is 2.66. The van der Waals surface area contributed by atoms with E-state index in [0.29, 0.717) is 22.7 Å². The molecule has 0 saturated heterocycles. The first kappa shape index (κ1) is 17.3. The number of hydrogen-bond acceptors (Lipinski definition) is 6. The molecule has 0 radical (unpaired) electrons. The lowest BCUT2D eigenvalue weighted by Crippen LogP contribution is -2.17. The van der Waals surface area contributed by atoms with Gasteiger partial charge in [-0.15, -0.1) is 0 Å². The first-order valence-corrected chi connectivity index (χ1v) is 8.41. The van der Waals surface area contributed by atoms with E-state index in [9.17, 15) is 20.5 Å². The quantitative estimate of drug-likeness (QED) is 0.549. The molecule has 8 nitrogen and oxygen atoms in total. The Labute approximate surface area is 159 Å². The maximum absolute atomic E-state index is 10.9. The zero-order chi connectivity index (χ0) is 19.8. The number of rotatable bonds is 3. The summed E-state index contributed by atoms with van der Waals surface area (Å²) in [5.41, 5.74) is 2.59. The second-order valence-corrected chi connectivity index (χ2v) is 6.27. The Kier molecular flexibility index (Phi) is 4.05. The fraction of sp³-hybridized carbons (Fsp3) is 0.100. The summed E-state index contributed by atoms with van der Waals surface area (Å²) >= 11 is 0. The van der Waals surface area contributed by atoms with Gasteiger partial charge < -0.3 is 9.84 Å². The summed E-state index contributed by atoms with van der Waals surface area (Å²) in [5.74, 6) is -0.842. The highest BCUT2D eigenvalue weighted by Gasteiger charge is 2.37. The highest BCUT2D eigenvalue weighted by molar-refractivity contribution is 5.57. The van der Waals surface area contributed by atoms with Crippen molar-refractivity contribution in [3.8, 4) is 17.6 Å². The van der Waals surface area contributed by atoms with Gasteiger partial charge in [0.2, 0.25) is 5.88 Å². The van der Waals surface area contributed by atoms with Crippen LogP contribution in [0.4, 0.5) is 5.69 Å². The van der Waals surface area contributed by atoms with Gasteiger partial charge in [0.15, 0.2) is 0 Å². The number of aliphatic hydroxyl groups excluding tert-OH is 1. The van der Waals surface area contributed by atoms with Gasteiger partial charge in [-0.05, 0) is 24.6 Å². The van der Waals surface area contributed by atoms with Crippen LogP contribution in [0.3, 0.4) is 0 Å². The molecule has 2 heterocycles. The van der Waals surface area contributed by atoms with E-state index < -0.39 is 16.8 Å². The predicted molar refractivity (Wildman–Crippen MR) is 99.1 cm³/mol. The second kappa shape index (κ2) is 6.55. The molecule has 0 spiro atoms. The molecule has 2 aromatic carbocycles. The normalized spacial score (nSPS) is 15.5. The van der Waals surface area contributed by atoms with E-state index in [0.717, 1.165) is 5.69 Å². The smallest absolute Gasteiger partial charge is 0.298 e. The molecule has 1 aliphatic rings. The van der Waals surface area contributed by atoms with Crippen molar-refractivity contribution in [2.75, 3.05) is 0 Å². The number of benzene rings is 2. The molecule has 0 bridgehead atoms. The summed E-state index contributed by atoms with van der Waals surface area (Å²) in [6.07, 6.45) is 0. The van der Waals surface area contributed by atoms with E-state index in [1.165, 1.54) is 12.1 Å². The number of aliphatic hydroxyl groups is 1. The molecule has 28 heavy (non-hydrogen) atoms. The van der Waals surface area contributed by atoms with Crippen LogP contribution in [0.1, 0.15) is 22.7 Å². The van der Waals surface area contributed by atoms with Crippen LogP contribution in [-0.2, 0) is 0 Å². The van der Waals surface area contributed by atoms with E-state index in [4.69, 9.17) is 4.74 Å². The molecule has 0 saturated carbocycles. The highest BCUT2D eigenvalue weighted by Crippen LogP contribution is 2.45. The summed E-state index contributed by atoms with van der Waals surface area (Å²) < 4.78 is 7.12. The Morgan fingerprint density at radius 3 is 2.50 bits per heavy atom. The number of ether oxygens (including phenoxy) is 1. The third-order valence-corrected chi connectivity index (χ3v) is 4.62. The van der Waals surface area contributed by atoms with Crippen LogP contribution in [0.5, 0.6) is 5.88 Å². The zero-order valence-corrected chi connectivity index (χ0v) is 14.7. The summed E-state index contributed by atoms with van der Waals surface area (Å²) in [6.45, 7) is 1.79. The zero-order valence-electron chi connectivity index (χ0n) is 14.7. The van der Waals surface area contributed by atoms with E-state index in [2.05, 4.69) is 5.10 Å². The van der Waals surface area contributed by atoms with Crippen molar-refractivity contribution in [3.05, 3.63) is 93.1 Å². The molecule has 4 rings (SSSR count). The molecule has 8 heteroatoms. The molecule has 138 valence electrons. The van der Waals surface area contributed by atoms with Crippen molar-refractivity contribution >= 4 is 5.69 Å². The fourth-order valence-electron chi connectivity index (χ4n) is 3.34. The van der Waals surface area contributed by atoms with E-state index in [1.54, 1.807) is 23.7 Å². The topological polar surface area (TPSA) is 114 Å². The summed E-state index contributed by atoms with van der Waals surface area (Å²) in [5, 5.41) is 35.4. The first-order valence-electron chi connectivity index (χ1n) is 8.41. The van der Waals surface area contributed by atoms with Crippen LogP contribution in [-0.4, -0.2) is 19.8 Å². The lowest BCUT2D eigenvalue weighted by molar-refractivity contribution is -0.384. The number of aryl methyl sites for hydroxylation is 1. The molecule has 1 aromatic heterocycles. The number of nitro benzene ring substituents is 1. The number of nitriles is 1. The third-order valence-electron chi connectivity index (χ3n) is 4.62. The summed E-state index contributed by atoms with van der Waals surface area (Å²) in [6, 6.07) is 17.1. The predicted octanol–water partition coefficient (Wildman–Crippen LogP) is 3.91. The van der Waals surface area contributed by atoms with Gasteiger partial charge in [0.25, 0.3) is 11.6 Å². The number of nitro groups is 1. The van der Waals surface area contributed by atoms with Crippen molar-refractivity contribution in [2.45, 2.75) is 12.8 Å². The standard InChI is InChI=1S/C20H14N4O4/c1-12-17-18(13-7-9-15(10-8-13)24(26)27)16(11-21)20(25)28-19(17)23(22-12)14-5-3-2-4-6-14/h2-10,18,25H,1H3. The minimum atomic E-state index is -0.646. The second-order valence-electron chi connectivity index (χ2n) is 6.27. The Morgan fingerprint density at radius 2 is 1.89 bits per heavy atom. The van der Waals surface area contributed by atoms with Gasteiger partial charge in [-0.25, -0.2) is 4.68 Å². The highest BCUT2D eigenvalue weighted by atomic mass is 16.6. The van der Waals surface area contributed by atoms with E-state index in [-0.39, 0.29) is 11.3 Å². The van der Waals surface area contributed by atoms with Crippen LogP contribution in [0, 0.1) is 28.4 Å². The number of fused-ring (bicyclic) bond motifs is 1. The van der Waals surface area contributed by atoms with Crippen LogP contribution >= 0.6 is 0 Å². The monoisotopic (exact) mass is 374 g/mol. The Balaban J connectivity index is 1.91. The molecule has 1 aliphatic heterocycles. The molecule has 1 atom stereocenters. The van der Waals surface area contributed by atoms with Gasteiger partial charge >= 0.3 is 0 Å². The Hall–Kier alpha value is -4.12. The van der Waals surface area contributed by atoms with Gasteiger partial charge in [-0.2, -0.15) is 10.4 Å². The van der Waals surface area contributed by atoms with Crippen molar-refractivity contribution < 1.29 is 14.8 Å². The maximum atomic E-state index is 10.9. The lowest BCUT2D eigenvalue weighted by Gasteiger charge is -2.23. The van der Waals surface area contributed by atoms with Crippen LogP contribution in [0.2, 0.25) is 0 Å². The molecule has 1 N–H and O–H groups in total.